The van der Waals surface area contributed by atoms with E-state index in [0.29, 0.717) is 10.4 Å². The second-order valence-electron chi connectivity index (χ2n) is 3.68. The molecule has 0 aliphatic heterocycles. The van der Waals surface area contributed by atoms with Gasteiger partial charge in [-0.1, -0.05) is 11.6 Å². The van der Waals surface area contributed by atoms with Gasteiger partial charge in [0.05, 0.1) is 0 Å². The fraction of sp³-hybridized carbons (Fsp3) is 0. The SMILES string of the molecule is O=S(=O)(Nc1ncn[nH]1)c1csc2ccc(Cl)cc12. The van der Waals surface area contributed by atoms with Gasteiger partial charge in [0.15, 0.2) is 0 Å². The van der Waals surface area contributed by atoms with E-state index in [1.54, 1.807) is 23.6 Å². The summed E-state index contributed by atoms with van der Waals surface area (Å²) in [6.45, 7) is 0. The van der Waals surface area contributed by atoms with Crippen LogP contribution in [-0.4, -0.2) is 23.6 Å². The first-order valence-corrected chi connectivity index (χ1v) is 7.85. The van der Waals surface area contributed by atoms with Gasteiger partial charge in [0, 0.05) is 20.5 Å². The van der Waals surface area contributed by atoms with Gasteiger partial charge in [0.2, 0.25) is 5.95 Å². The molecule has 19 heavy (non-hydrogen) atoms. The van der Waals surface area contributed by atoms with Gasteiger partial charge >= 0.3 is 0 Å². The van der Waals surface area contributed by atoms with E-state index in [9.17, 15) is 8.42 Å². The van der Waals surface area contributed by atoms with Crippen molar-refractivity contribution in [1.82, 2.24) is 15.2 Å². The third-order valence-electron chi connectivity index (χ3n) is 2.44. The van der Waals surface area contributed by atoms with Gasteiger partial charge in [-0.05, 0) is 18.2 Å². The van der Waals surface area contributed by atoms with Crippen molar-refractivity contribution in [3.63, 3.8) is 0 Å². The minimum absolute atomic E-state index is 0.0707. The van der Waals surface area contributed by atoms with Crippen molar-refractivity contribution in [1.29, 1.82) is 0 Å². The van der Waals surface area contributed by atoms with Crippen LogP contribution in [0.25, 0.3) is 10.1 Å². The average molecular weight is 315 g/mol. The fourth-order valence-corrected chi connectivity index (χ4v) is 4.24. The molecule has 0 spiro atoms. The molecular weight excluding hydrogens is 308 g/mol. The van der Waals surface area contributed by atoms with Gasteiger partial charge < -0.3 is 0 Å². The molecule has 98 valence electrons. The van der Waals surface area contributed by atoms with Gasteiger partial charge in [-0.2, -0.15) is 10.1 Å². The summed E-state index contributed by atoms with van der Waals surface area (Å²) in [4.78, 5) is 3.90. The van der Waals surface area contributed by atoms with Gasteiger partial charge in [0.25, 0.3) is 10.0 Å². The zero-order valence-electron chi connectivity index (χ0n) is 9.29. The molecule has 0 saturated heterocycles. The normalized spacial score (nSPS) is 11.8. The van der Waals surface area contributed by atoms with Crippen LogP contribution in [0.4, 0.5) is 5.95 Å². The number of thiophene rings is 1. The molecule has 0 aliphatic rings. The maximum absolute atomic E-state index is 12.3. The molecule has 2 aromatic heterocycles. The predicted octanol–water partition coefficient (Wildman–Crippen LogP) is 2.47. The Balaban J connectivity index is 2.10. The highest BCUT2D eigenvalue weighted by Crippen LogP contribution is 2.32. The lowest BCUT2D eigenvalue weighted by molar-refractivity contribution is 0.602. The second-order valence-corrected chi connectivity index (χ2v) is 6.68. The van der Waals surface area contributed by atoms with E-state index in [4.69, 9.17) is 11.6 Å². The lowest BCUT2D eigenvalue weighted by Gasteiger charge is -2.03. The first-order chi connectivity index (χ1) is 9.06. The van der Waals surface area contributed by atoms with Gasteiger partial charge in [-0.3, -0.25) is 0 Å². The third kappa shape index (κ3) is 2.29. The van der Waals surface area contributed by atoms with Gasteiger partial charge in [0.1, 0.15) is 11.2 Å². The number of H-pyrrole nitrogens is 1. The predicted molar refractivity (Wildman–Crippen MR) is 74.0 cm³/mol. The number of aromatic nitrogens is 3. The van der Waals surface area contributed by atoms with Gasteiger partial charge in [-0.25, -0.2) is 18.2 Å². The minimum Gasteiger partial charge on any atom is -0.248 e. The Labute approximate surface area is 117 Å². The Bertz CT molecular complexity index is 826. The maximum atomic E-state index is 12.3. The lowest BCUT2D eigenvalue weighted by Crippen LogP contribution is -2.13. The summed E-state index contributed by atoms with van der Waals surface area (Å²) >= 11 is 7.24. The number of hydrogen-bond acceptors (Lipinski definition) is 5. The summed E-state index contributed by atoms with van der Waals surface area (Å²) in [7, 11) is -3.72. The number of rotatable bonds is 3. The van der Waals surface area contributed by atoms with Crippen LogP contribution in [0, 0.1) is 0 Å². The quantitative estimate of drug-likeness (QED) is 0.777. The monoisotopic (exact) mass is 314 g/mol. The molecule has 0 saturated carbocycles. The van der Waals surface area contributed by atoms with E-state index < -0.39 is 10.0 Å². The van der Waals surface area contributed by atoms with Crippen molar-refractivity contribution in [2.75, 3.05) is 4.72 Å². The number of aromatic amines is 1. The summed E-state index contributed by atoms with van der Waals surface area (Å²) in [5, 5.41) is 8.67. The number of nitrogens with one attached hydrogen (secondary N) is 2. The van der Waals surface area contributed by atoms with E-state index in [2.05, 4.69) is 19.9 Å². The van der Waals surface area contributed by atoms with Crippen LogP contribution < -0.4 is 4.72 Å². The van der Waals surface area contributed by atoms with Crippen molar-refractivity contribution in [2.24, 2.45) is 0 Å². The van der Waals surface area contributed by atoms with Crippen LogP contribution in [0.2, 0.25) is 5.02 Å². The molecule has 6 nitrogen and oxygen atoms in total. The first kappa shape index (κ1) is 12.4. The maximum Gasteiger partial charge on any atom is 0.265 e. The molecule has 0 bridgehead atoms. The lowest BCUT2D eigenvalue weighted by atomic mass is 10.3. The fourth-order valence-electron chi connectivity index (χ4n) is 1.62. The molecule has 0 amide bonds. The number of fused-ring (bicyclic) bond motifs is 1. The molecule has 0 atom stereocenters. The first-order valence-electron chi connectivity index (χ1n) is 5.11. The molecule has 0 aliphatic carbocycles. The summed E-state index contributed by atoms with van der Waals surface area (Å²) in [6.07, 6.45) is 1.22. The van der Waals surface area contributed by atoms with E-state index in [1.807, 2.05) is 0 Å². The van der Waals surface area contributed by atoms with Crippen LogP contribution in [0.15, 0.2) is 34.8 Å². The van der Waals surface area contributed by atoms with Crippen molar-refractivity contribution in [3.8, 4) is 0 Å². The highest BCUT2D eigenvalue weighted by atomic mass is 35.5. The molecule has 9 heteroatoms. The highest BCUT2D eigenvalue weighted by molar-refractivity contribution is 7.93. The molecule has 2 heterocycles. The van der Waals surface area contributed by atoms with Gasteiger partial charge in [-0.15, -0.1) is 11.3 Å². The molecule has 3 rings (SSSR count). The van der Waals surface area contributed by atoms with Crippen LogP contribution in [0.3, 0.4) is 0 Å². The van der Waals surface area contributed by atoms with E-state index in [0.717, 1.165) is 4.70 Å². The highest BCUT2D eigenvalue weighted by Gasteiger charge is 2.20. The average Bonchev–Trinajstić information content (AvgIpc) is 2.96. The number of halogens is 1. The smallest absolute Gasteiger partial charge is 0.248 e. The van der Waals surface area contributed by atoms with Crippen LogP contribution in [0.5, 0.6) is 0 Å². The Hall–Kier alpha value is -1.64. The summed E-state index contributed by atoms with van der Waals surface area (Å²) in [6, 6.07) is 5.14. The largest absolute Gasteiger partial charge is 0.265 e. The number of benzene rings is 1. The van der Waals surface area contributed by atoms with E-state index in [1.165, 1.54) is 17.7 Å². The van der Waals surface area contributed by atoms with Crippen molar-refractivity contribution < 1.29 is 8.42 Å². The van der Waals surface area contributed by atoms with Crippen molar-refractivity contribution >= 4 is 49.0 Å². The molecule has 1 aromatic carbocycles. The van der Waals surface area contributed by atoms with Crippen molar-refractivity contribution in [2.45, 2.75) is 4.90 Å². The van der Waals surface area contributed by atoms with E-state index in [-0.39, 0.29) is 10.8 Å². The number of nitrogens with zero attached hydrogens (tertiary/aromatic N) is 2. The Morgan fingerprint density at radius 3 is 2.95 bits per heavy atom. The third-order valence-corrected chi connectivity index (χ3v) is 5.16. The van der Waals surface area contributed by atoms with Crippen LogP contribution >= 0.6 is 22.9 Å². The minimum atomic E-state index is -3.72. The zero-order valence-corrected chi connectivity index (χ0v) is 11.7. The molecule has 0 radical (unpaired) electrons. The van der Waals surface area contributed by atoms with Crippen molar-refractivity contribution in [3.05, 3.63) is 34.9 Å². The molecule has 0 unspecified atom stereocenters. The Kier molecular flexibility index (Phi) is 2.92. The number of sulfonamides is 1. The zero-order chi connectivity index (χ0) is 13.5. The van der Waals surface area contributed by atoms with Crippen LogP contribution in [-0.2, 0) is 10.0 Å². The Morgan fingerprint density at radius 2 is 2.21 bits per heavy atom. The molecule has 3 aromatic rings. The summed E-state index contributed by atoms with van der Waals surface area (Å²) in [5.74, 6) is 0.0707. The summed E-state index contributed by atoms with van der Waals surface area (Å²) in [5.41, 5.74) is 0. The van der Waals surface area contributed by atoms with Crippen LogP contribution in [0.1, 0.15) is 0 Å². The molecular formula is C10H7ClN4O2S2. The second kappa shape index (κ2) is 4.48. The van der Waals surface area contributed by atoms with E-state index >= 15 is 0 Å². The molecule has 2 N–H and O–H groups in total. The topological polar surface area (TPSA) is 87.7 Å². The Morgan fingerprint density at radius 1 is 1.37 bits per heavy atom. The number of hydrogen-bond donors (Lipinski definition) is 2. The number of anilines is 1. The molecule has 0 fully saturated rings. The standard InChI is InChI=1S/C10H7ClN4O2S2/c11-6-1-2-8-7(3-6)9(4-18-8)19(16,17)15-10-12-5-13-14-10/h1-5H,(H2,12,13,14,15). The summed E-state index contributed by atoms with van der Waals surface area (Å²) < 4.78 is 27.7.